The molecular formula is C23H21ClN6O2. The fourth-order valence-corrected chi connectivity index (χ4v) is 3.54. The highest BCUT2D eigenvalue weighted by Gasteiger charge is 2.12. The van der Waals surface area contributed by atoms with Gasteiger partial charge in [0.15, 0.2) is 0 Å². The molecule has 1 aliphatic rings. The number of nitriles is 1. The first-order chi connectivity index (χ1) is 15.6. The Morgan fingerprint density at radius 3 is 2.53 bits per heavy atom. The van der Waals surface area contributed by atoms with Gasteiger partial charge in [0.25, 0.3) is 5.91 Å². The number of hydrogen-bond acceptors (Lipinski definition) is 7. The number of halogens is 1. The highest BCUT2D eigenvalue weighted by atomic mass is 35.5. The van der Waals surface area contributed by atoms with Crippen molar-refractivity contribution in [3.05, 3.63) is 65.3 Å². The maximum atomic E-state index is 12.0. The van der Waals surface area contributed by atoms with Gasteiger partial charge in [0.05, 0.1) is 36.2 Å². The zero-order valence-electron chi connectivity index (χ0n) is 17.2. The lowest BCUT2D eigenvalue weighted by Crippen LogP contribution is -2.36. The summed E-state index contributed by atoms with van der Waals surface area (Å²) in [6.45, 7) is 3.21. The zero-order valence-corrected chi connectivity index (χ0v) is 18.0. The third kappa shape index (κ3) is 5.14. The van der Waals surface area contributed by atoms with Gasteiger partial charge < -0.3 is 20.3 Å². The first kappa shape index (κ1) is 21.6. The smallest absolute Gasteiger partial charge is 0.252 e. The molecule has 0 bridgehead atoms. The predicted octanol–water partition coefficient (Wildman–Crippen LogP) is 3.63. The van der Waals surface area contributed by atoms with Crippen molar-refractivity contribution in [2.24, 2.45) is 0 Å². The van der Waals surface area contributed by atoms with E-state index in [9.17, 15) is 4.79 Å². The van der Waals surface area contributed by atoms with Crippen molar-refractivity contribution in [3.8, 4) is 17.3 Å². The fraction of sp³-hybridized carbons (Fsp3) is 0.217. The van der Waals surface area contributed by atoms with Crippen LogP contribution in [-0.4, -0.2) is 48.7 Å². The zero-order chi connectivity index (χ0) is 22.3. The second-order valence-corrected chi connectivity index (χ2v) is 7.49. The Balaban J connectivity index is 1.48. The number of rotatable bonds is 6. The number of carbonyl (C=O) groups is 1. The molecule has 0 unspecified atom stereocenters. The molecule has 1 fully saturated rings. The second-order valence-electron chi connectivity index (χ2n) is 7.08. The van der Waals surface area contributed by atoms with Crippen molar-refractivity contribution in [2.45, 2.75) is 0 Å². The molecule has 9 heteroatoms. The molecule has 2 aromatic carbocycles. The molecule has 1 saturated heterocycles. The number of benzene rings is 2. The summed E-state index contributed by atoms with van der Waals surface area (Å²) in [5.74, 6) is 0.106. The average Bonchev–Trinajstić information content (AvgIpc) is 2.85. The van der Waals surface area contributed by atoms with E-state index in [4.69, 9.17) is 21.6 Å². The maximum Gasteiger partial charge on any atom is 0.252 e. The molecule has 3 aromatic rings. The quantitative estimate of drug-likeness (QED) is 0.555. The Labute approximate surface area is 190 Å². The van der Waals surface area contributed by atoms with E-state index in [1.165, 1.54) is 0 Å². The lowest BCUT2D eigenvalue weighted by atomic mass is 10.1. The summed E-state index contributed by atoms with van der Waals surface area (Å²) >= 11 is 6.33. The summed E-state index contributed by atoms with van der Waals surface area (Å²) in [6.07, 6.45) is 1.54. The van der Waals surface area contributed by atoms with Gasteiger partial charge in [0.2, 0.25) is 5.95 Å². The molecule has 32 heavy (non-hydrogen) atoms. The van der Waals surface area contributed by atoms with E-state index >= 15 is 0 Å². The summed E-state index contributed by atoms with van der Waals surface area (Å²) in [7, 11) is 0. The topological polar surface area (TPSA) is 103 Å². The Kier molecular flexibility index (Phi) is 6.80. The number of anilines is 3. The van der Waals surface area contributed by atoms with E-state index in [1.54, 1.807) is 30.5 Å². The Bertz CT molecular complexity index is 1120. The van der Waals surface area contributed by atoms with Crippen LogP contribution in [0.5, 0.6) is 0 Å². The number of carbonyl (C=O) groups excluding carboxylic acids is 1. The minimum atomic E-state index is -0.310. The van der Waals surface area contributed by atoms with Crippen LogP contribution < -0.4 is 15.5 Å². The van der Waals surface area contributed by atoms with Crippen LogP contribution in [-0.2, 0) is 4.74 Å². The Hall–Kier alpha value is -3.67. The Morgan fingerprint density at radius 2 is 1.84 bits per heavy atom. The molecule has 1 aliphatic heterocycles. The predicted molar refractivity (Wildman–Crippen MR) is 123 cm³/mol. The molecule has 0 radical (unpaired) electrons. The van der Waals surface area contributed by atoms with Gasteiger partial charge in [-0.25, -0.2) is 9.97 Å². The molecule has 4 rings (SSSR count). The van der Waals surface area contributed by atoms with Gasteiger partial charge in [-0.3, -0.25) is 4.79 Å². The largest absolute Gasteiger partial charge is 0.378 e. The van der Waals surface area contributed by atoms with Crippen LogP contribution >= 0.6 is 11.6 Å². The van der Waals surface area contributed by atoms with Crippen molar-refractivity contribution in [3.63, 3.8) is 0 Å². The van der Waals surface area contributed by atoms with E-state index in [2.05, 4.69) is 37.6 Å². The molecule has 1 amide bonds. The molecule has 1 aromatic heterocycles. The normalized spacial score (nSPS) is 13.3. The van der Waals surface area contributed by atoms with Crippen LogP contribution in [0.2, 0.25) is 5.02 Å². The van der Waals surface area contributed by atoms with Crippen molar-refractivity contribution >= 4 is 34.8 Å². The summed E-state index contributed by atoms with van der Waals surface area (Å²) < 4.78 is 5.40. The summed E-state index contributed by atoms with van der Waals surface area (Å²) in [5.41, 5.74) is 3.76. The van der Waals surface area contributed by atoms with Crippen LogP contribution in [0.3, 0.4) is 0 Å². The number of ether oxygens (including phenoxy) is 1. The minimum Gasteiger partial charge on any atom is -0.378 e. The van der Waals surface area contributed by atoms with Gasteiger partial charge in [0, 0.05) is 35.6 Å². The number of aromatic nitrogens is 2. The van der Waals surface area contributed by atoms with E-state index in [-0.39, 0.29) is 12.5 Å². The molecule has 0 spiro atoms. The van der Waals surface area contributed by atoms with Crippen molar-refractivity contribution in [1.29, 1.82) is 5.26 Å². The van der Waals surface area contributed by atoms with Crippen molar-refractivity contribution in [2.75, 3.05) is 43.1 Å². The molecule has 0 saturated carbocycles. The third-order valence-corrected chi connectivity index (χ3v) is 5.27. The Morgan fingerprint density at radius 1 is 1.12 bits per heavy atom. The number of amides is 1. The fourth-order valence-electron chi connectivity index (χ4n) is 3.34. The van der Waals surface area contributed by atoms with Crippen LogP contribution in [0.4, 0.5) is 17.3 Å². The van der Waals surface area contributed by atoms with Gasteiger partial charge in [-0.05, 0) is 36.4 Å². The van der Waals surface area contributed by atoms with Gasteiger partial charge in [-0.2, -0.15) is 5.26 Å². The lowest BCUT2D eigenvalue weighted by Gasteiger charge is -2.28. The van der Waals surface area contributed by atoms with Crippen LogP contribution in [0.15, 0.2) is 54.7 Å². The summed E-state index contributed by atoms with van der Waals surface area (Å²) in [5, 5.41) is 14.7. The first-order valence-corrected chi connectivity index (χ1v) is 10.5. The number of hydrogen-bond donors (Lipinski definition) is 2. The first-order valence-electron chi connectivity index (χ1n) is 10.1. The van der Waals surface area contributed by atoms with Crippen LogP contribution in [0.25, 0.3) is 11.3 Å². The van der Waals surface area contributed by atoms with Gasteiger partial charge in [-0.15, -0.1) is 0 Å². The maximum absolute atomic E-state index is 12.0. The second kappa shape index (κ2) is 10.1. The standard InChI is InChI=1S/C23H21ClN6O2/c24-20-15-27-23(28-18-5-7-19(8-6-18)30-11-13-32-14-12-30)29-21(20)16-1-3-17(4-2-16)22(31)26-10-9-25/h1-8,15H,10-14H2,(H,26,31)(H,27,28,29). The molecule has 2 N–H and O–H groups in total. The van der Waals surface area contributed by atoms with Crippen LogP contribution in [0, 0.1) is 11.3 Å². The van der Waals surface area contributed by atoms with Crippen molar-refractivity contribution in [1.82, 2.24) is 15.3 Å². The highest BCUT2D eigenvalue weighted by molar-refractivity contribution is 6.32. The SMILES string of the molecule is N#CCNC(=O)c1ccc(-c2nc(Nc3ccc(N4CCOCC4)cc3)ncc2Cl)cc1. The van der Waals surface area contributed by atoms with Crippen LogP contribution in [0.1, 0.15) is 10.4 Å². The van der Waals surface area contributed by atoms with Gasteiger partial charge in [0.1, 0.15) is 6.54 Å². The van der Waals surface area contributed by atoms with E-state index in [0.29, 0.717) is 22.2 Å². The number of morpholine rings is 1. The summed E-state index contributed by atoms with van der Waals surface area (Å²) in [4.78, 5) is 23.1. The highest BCUT2D eigenvalue weighted by Crippen LogP contribution is 2.28. The average molecular weight is 449 g/mol. The van der Waals surface area contributed by atoms with Crippen molar-refractivity contribution < 1.29 is 9.53 Å². The van der Waals surface area contributed by atoms with E-state index in [1.807, 2.05) is 18.2 Å². The molecule has 0 aliphatic carbocycles. The minimum absolute atomic E-state index is 0.0409. The molecule has 162 valence electrons. The number of nitrogens with one attached hydrogen (secondary N) is 2. The monoisotopic (exact) mass is 448 g/mol. The van der Waals surface area contributed by atoms with E-state index in [0.717, 1.165) is 43.2 Å². The molecule has 2 heterocycles. The number of nitrogens with zero attached hydrogens (tertiary/aromatic N) is 4. The third-order valence-electron chi connectivity index (χ3n) is 4.99. The molecule has 0 atom stereocenters. The van der Waals surface area contributed by atoms with Gasteiger partial charge in [-0.1, -0.05) is 23.7 Å². The summed E-state index contributed by atoms with van der Waals surface area (Å²) in [6, 6.07) is 16.8. The lowest BCUT2D eigenvalue weighted by molar-refractivity contribution is 0.0958. The molecule has 8 nitrogen and oxygen atoms in total. The van der Waals surface area contributed by atoms with E-state index < -0.39 is 0 Å². The van der Waals surface area contributed by atoms with Gasteiger partial charge >= 0.3 is 0 Å². The molecular weight excluding hydrogens is 428 g/mol.